The SMILES string of the molecule is COc1ccccc1C1=CC(=S)Nc2ccccc2N1. The first-order chi connectivity index (χ1) is 9.78. The van der Waals surface area contributed by atoms with Crippen molar-refractivity contribution >= 4 is 34.3 Å². The van der Waals surface area contributed by atoms with Crippen LogP contribution in [0.5, 0.6) is 5.75 Å². The molecule has 2 aromatic rings. The van der Waals surface area contributed by atoms with Crippen molar-refractivity contribution in [2.24, 2.45) is 0 Å². The molecule has 0 fully saturated rings. The van der Waals surface area contributed by atoms with Crippen LogP contribution in [0.3, 0.4) is 0 Å². The summed E-state index contributed by atoms with van der Waals surface area (Å²) >= 11 is 5.36. The van der Waals surface area contributed by atoms with Gasteiger partial charge in [0.05, 0.1) is 24.2 Å². The molecule has 0 unspecified atom stereocenters. The molecule has 1 heterocycles. The highest BCUT2D eigenvalue weighted by molar-refractivity contribution is 7.81. The number of anilines is 2. The Morgan fingerprint density at radius 3 is 2.30 bits per heavy atom. The first kappa shape index (κ1) is 12.7. The van der Waals surface area contributed by atoms with Crippen molar-refractivity contribution in [2.75, 3.05) is 17.7 Å². The molecule has 0 bridgehead atoms. The smallest absolute Gasteiger partial charge is 0.128 e. The van der Waals surface area contributed by atoms with E-state index in [4.69, 9.17) is 17.0 Å². The van der Waals surface area contributed by atoms with Crippen LogP contribution in [0.2, 0.25) is 0 Å². The lowest BCUT2D eigenvalue weighted by Gasteiger charge is -2.13. The highest BCUT2D eigenvalue weighted by Gasteiger charge is 2.14. The molecular weight excluding hydrogens is 268 g/mol. The minimum atomic E-state index is 0.670. The van der Waals surface area contributed by atoms with E-state index < -0.39 is 0 Å². The fourth-order valence-electron chi connectivity index (χ4n) is 2.19. The van der Waals surface area contributed by atoms with Gasteiger partial charge in [-0.15, -0.1) is 0 Å². The molecule has 1 aliphatic rings. The number of para-hydroxylation sites is 3. The zero-order valence-corrected chi connectivity index (χ0v) is 11.8. The summed E-state index contributed by atoms with van der Waals surface area (Å²) < 4.78 is 5.42. The van der Waals surface area contributed by atoms with Crippen molar-refractivity contribution in [1.29, 1.82) is 0 Å². The van der Waals surface area contributed by atoms with Crippen LogP contribution < -0.4 is 15.4 Å². The van der Waals surface area contributed by atoms with E-state index in [1.54, 1.807) is 7.11 Å². The molecule has 0 aromatic heterocycles. The Bertz CT molecular complexity index is 694. The predicted molar refractivity (Wildman–Crippen MR) is 87.3 cm³/mol. The monoisotopic (exact) mass is 282 g/mol. The van der Waals surface area contributed by atoms with E-state index in [2.05, 4.69) is 10.6 Å². The maximum Gasteiger partial charge on any atom is 0.128 e. The summed E-state index contributed by atoms with van der Waals surface area (Å²) in [4.78, 5) is 0.670. The number of fused-ring (bicyclic) bond motifs is 1. The summed E-state index contributed by atoms with van der Waals surface area (Å²) in [6.07, 6.45) is 1.91. The van der Waals surface area contributed by atoms with Crippen molar-refractivity contribution < 1.29 is 4.74 Å². The normalized spacial score (nSPS) is 13.4. The quantitative estimate of drug-likeness (QED) is 0.818. The Kier molecular flexibility index (Phi) is 3.39. The number of thiocarbonyl (C=S) groups is 1. The molecule has 0 atom stereocenters. The number of methoxy groups -OCH3 is 1. The van der Waals surface area contributed by atoms with Gasteiger partial charge in [-0.2, -0.15) is 0 Å². The minimum Gasteiger partial charge on any atom is -0.496 e. The first-order valence-corrected chi connectivity index (χ1v) is 6.71. The number of hydrogen-bond donors (Lipinski definition) is 2. The van der Waals surface area contributed by atoms with Crippen LogP contribution in [0, 0.1) is 0 Å². The van der Waals surface area contributed by atoms with Crippen molar-refractivity contribution in [3.63, 3.8) is 0 Å². The molecule has 2 N–H and O–H groups in total. The van der Waals surface area contributed by atoms with E-state index >= 15 is 0 Å². The molecule has 4 heteroatoms. The minimum absolute atomic E-state index is 0.670. The van der Waals surface area contributed by atoms with Gasteiger partial charge in [-0.3, -0.25) is 0 Å². The van der Waals surface area contributed by atoms with E-state index in [0.29, 0.717) is 4.99 Å². The molecule has 0 aliphatic carbocycles. The van der Waals surface area contributed by atoms with Gasteiger partial charge in [0.1, 0.15) is 10.7 Å². The van der Waals surface area contributed by atoms with Gasteiger partial charge in [0.25, 0.3) is 0 Å². The summed E-state index contributed by atoms with van der Waals surface area (Å²) in [5, 5.41) is 6.62. The third-order valence-electron chi connectivity index (χ3n) is 3.13. The maximum atomic E-state index is 5.42. The number of benzene rings is 2. The van der Waals surface area contributed by atoms with Crippen LogP contribution in [0.1, 0.15) is 5.56 Å². The average molecular weight is 282 g/mol. The van der Waals surface area contributed by atoms with E-state index in [1.165, 1.54) is 0 Å². The van der Waals surface area contributed by atoms with Crippen LogP contribution >= 0.6 is 12.2 Å². The molecule has 0 saturated carbocycles. The van der Waals surface area contributed by atoms with Gasteiger partial charge in [0, 0.05) is 5.56 Å². The largest absolute Gasteiger partial charge is 0.496 e. The highest BCUT2D eigenvalue weighted by atomic mass is 32.1. The molecule has 2 aromatic carbocycles. The van der Waals surface area contributed by atoms with Crippen molar-refractivity contribution in [2.45, 2.75) is 0 Å². The van der Waals surface area contributed by atoms with Gasteiger partial charge in [-0.25, -0.2) is 0 Å². The highest BCUT2D eigenvalue weighted by Crippen LogP contribution is 2.32. The van der Waals surface area contributed by atoms with E-state index in [1.807, 2.05) is 54.6 Å². The molecule has 0 spiro atoms. The lowest BCUT2D eigenvalue weighted by Crippen LogP contribution is -2.04. The van der Waals surface area contributed by atoms with E-state index in [0.717, 1.165) is 28.4 Å². The lowest BCUT2D eigenvalue weighted by atomic mass is 10.1. The van der Waals surface area contributed by atoms with Crippen LogP contribution in [0.15, 0.2) is 54.6 Å². The molecule has 0 saturated heterocycles. The van der Waals surface area contributed by atoms with E-state index in [-0.39, 0.29) is 0 Å². The van der Waals surface area contributed by atoms with Gasteiger partial charge in [0.15, 0.2) is 0 Å². The summed E-state index contributed by atoms with van der Waals surface area (Å²) in [6, 6.07) is 15.8. The standard InChI is InChI=1S/C16H14N2OS/c1-19-15-9-5-2-6-11(15)14-10-16(20)18-13-8-4-3-7-12(13)17-14/h2-10,17H,1H3,(H,18,20). The third kappa shape index (κ3) is 2.38. The molecular formula is C16H14N2OS. The van der Waals surface area contributed by atoms with Crippen LogP contribution in [0.4, 0.5) is 11.4 Å². The number of rotatable bonds is 2. The lowest BCUT2D eigenvalue weighted by molar-refractivity contribution is 0.413. The summed E-state index contributed by atoms with van der Waals surface area (Å²) in [5.74, 6) is 0.813. The first-order valence-electron chi connectivity index (χ1n) is 6.30. The summed E-state index contributed by atoms with van der Waals surface area (Å²) in [7, 11) is 1.67. The molecule has 3 rings (SSSR count). The van der Waals surface area contributed by atoms with Gasteiger partial charge < -0.3 is 15.4 Å². The molecule has 0 radical (unpaired) electrons. The Morgan fingerprint density at radius 2 is 1.55 bits per heavy atom. The van der Waals surface area contributed by atoms with Crippen LogP contribution in [-0.2, 0) is 0 Å². The number of ether oxygens (including phenoxy) is 1. The van der Waals surface area contributed by atoms with Gasteiger partial charge in [-0.05, 0) is 30.3 Å². The molecule has 100 valence electrons. The Hall–Kier alpha value is -2.33. The molecule has 0 amide bonds. The van der Waals surface area contributed by atoms with Crippen LogP contribution in [0.25, 0.3) is 5.70 Å². The second-order valence-corrected chi connectivity index (χ2v) is 4.86. The van der Waals surface area contributed by atoms with E-state index in [9.17, 15) is 0 Å². The fraction of sp³-hybridized carbons (Fsp3) is 0.0625. The predicted octanol–water partition coefficient (Wildman–Crippen LogP) is 3.90. The Morgan fingerprint density at radius 1 is 0.900 bits per heavy atom. The van der Waals surface area contributed by atoms with Gasteiger partial charge >= 0.3 is 0 Å². The molecule has 3 nitrogen and oxygen atoms in total. The zero-order valence-electron chi connectivity index (χ0n) is 11.0. The van der Waals surface area contributed by atoms with Crippen LogP contribution in [-0.4, -0.2) is 12.1 Å². The number of hydrogen-bond acceptors (Lipinski definition) is 3. The zero-order chi connectivity index (χ0) is 13.9. The second kappa shape index (κ2) is 5.35. The molecule has 20 heavy (non-hydrogen) atoms. The second-order valence-electron chi connectivity index (χ2n) is 4.42. The molecule has 1 aliphatic heterocycles. The van der Waals surface area contributed by atoms with Crippen molar-refractivity contribution in [1.82, 2.24) is 0 Å². The fourth-order valence-corrected chi connectivity index (χ4v) is 2.42. The topological polar surface area (TPSA) is 33.3 Å². The maximum absolute atomic E-state index is 5.42. The van der Waals surface area contributed by atoms with Gasteiger partial charge in [0.2, 0.25) is 0 Å². The summed E-state index contributed by atoms with van der Waals surface area (Å²) in [6.45, 7) is 0. The Labute approximate surface area is 123 Å². The number of nitrogens with one attached hydrogen (secondary N) is 2. The van der Waals surface area contributed by atoms with Crippen molar-refractivity contribution in [3.8, 4) is 5.75 Å². The third-order valence-corrected chi connectivity index (χ3v) is 3.35. The summed E-state index contributed by atoms with van der Waals surface area (Å²) in [5.41, 5.74) is 3.86. The Balaban J connectivity index is 2.08. The van der Waals surface area contributed by atoms with Crippen molar-refractivity contribution in [3.05, 3.63) is 60.2 Å². The average Bonchev–Trinajstić information content (AvgIpc) is 2.65. The van der Waals surface area contributed by atoms with Gasteiger partial charge in [-0.1, -0.05) is 36.5 Å².